The molecular formula is C24H26FN5O3. The molecule has 1 aliphatic heterocycles. The number of primary amides is 1. The molecule has 1 saturated heterocycles. The number of amides is 1. The van der Waals surface area contributed by atoms with Crippen molar-refractivity contribution in [2.75, 3.05) is 48.9 Å². The third kappa shape index (κ3) is 5.50. The van der Waals surface area contributed by atoms with Gasteiger partial charge in [-0.15, -0.1) is 0 Å². The summed E-state index contributed by atoms with van der Waals surface area (Å²) in [6.07, 6.45) is 1.41. The van der Waals surface area contributed by atoms with E-state index in [0.29, 0.717) is 22.8 Å². The summed E-state index contributed by atoms with van der Waals surface area (Å²) in [5, 5.41) is 6.38. The summed E-state index contributed by atoms with van der Waals surface area (Å²) < 4.78 is 24.4. The zero-order chi connectivity index (χ0) is 23.2. The molecule has 0 atom stereocenters. The zero-order valence-electron chi connectivity index (χ0n) is 18.3. The lowest BCUT2D eigenvalue weighted by Crippen LogP contribution is -2.36. The van der Waals surface area contributed by atoms with Crippen molar-refractivity contribution >= 4 is 28.8 Å². The van der Waals surface area contributed by atoms with Crippen molar-refractivity contribution in [1.82, 2.24) is 4.98 Å². The van der Waals surface area contributed by atoms with E-state index in [2.05, 4.69) is 20.5 Å². The lowest BCUT2D eigenvalue weighted by atomic mass is 10.1. The molecule has 0 radical (unpaired) electrons. The van der Waals surface area contributed by atoms with Crippen molar-refractivity contribution in [1.29, 1.82) is 0 Å². The monoisotopic (exact) mass is 451 g/mol. The molecule has 8 nitrogen and oxygen atoms in total. The Hall–Kier alpha value is -3.85. The highest BCUT2D eigenvalue weighted by Crippen LogP contribution is 2.26. The molecule has 0 unspecified atom stereocenters. The van der Waals surface area contributed by atoms with E-state index in [1.54, 1.807) is 12.1 Å². The predicted octanol–water partition coefficient (Wildman–Crippen LogP) is 3.52. The van der Waals surface area contributed by atoms with Crippen LogP contribution in [0, 0.1) is 5.82 Å². The Morgan fingerprint density at radius 2 is 1.94 bits per heavy atom. The Morgan fingerprint density at radius 3 is 2.64 bits per heavy atom. The number of methoxy groups -OCH3 is 1. The van der Waals surface area contributed by atoms with Crippen LogP contribution in [0.1, 0.15) is 15.9 Å². The fourth-order valence-corrected chi connectivity index (χ4v) is 3.67. The second-order valence-electron chi connectivity index (χ2n) is 7.56. The summed E-state index contributed by atoms with van der Waals surface area (Å²) in [7, 11) is 1.52. The number of pyridine rings is 1. The normalized spacial score (nSPS) is 13.5. The van der Waals surface area contributed by atoms with E-state index >= 15 is 0 Å². The number of anilines is 4. The number of morpholine rings is 1. The molecule has 0 aliphatic carbocycles. The fraction of sp³-hybridized carbons (Fsp3) is 0.250. The highest BCUT2D eigenvalue weighted by Gasteiger charge is 2.13. The van der Waals surface area contributed by atoms with Gasteiger partial charge in [-0.1, -0.05) is 0 Å². The van der Waals surface area contributed by atoms with Gasteiger partial charge >= 0.3 is 0 Å². The van der Waals surface area contributed by atoms with Gasteiger partial charge in [0, 0.05) is 48.8 Å². The summed E-state index contributed by atoms with van der Waals surface area (Å²) in [5.74, 6) is 0.0862. The van der Waals surface area contributed by atoms with Gasteiger partial charge in [0.15, 0.2) is 0 Å². The molecule has 4 rings (SSSR count). The van der Waals surface area contributed by atoms with Gasteiger partial charge in [0.25, 0.3) is 5.91 Å². The Balaban J connectivity index is 1.50. The summed E-state index contributed by atoms with van der Waals surface area (Å²) in [4.78, 5) is 18.5. The van der Waals surface area contributed by atoms with Crippen molar-refractivity contribution in [3.63, 3.8) is 0 Å². The second-order valence-corrected chi connectivity index (χ2v) is 7.56. The number of rotatable bonds is 8. The first-order valence-corrected chi connectivity index (χ1v) is 10.6. The van der Waals surface area contributed by atoms with E-state index in [0.717, 1.165) is 37.7 Å². The fourth-order valence-electron chi connectivity index (χ4n) is 3.67. The molecule has 1 fully saturated rings. The maximum atomic E-state index is 13.7. The first kappa shape index (κ1) is 22.3. The molecular weight excluding hydrogens is 425 g/mol. The lowest BCUT2D eigenvalue weighted by Gasteiger charge is -2.28. The van der Waals surface area contributed by atoms with Crippen LogP contribution in [-0.4, -0.2) is 44.3 Å². The van der Waals surface area contributed by atoms with E-state index in [9.17, 15) is 9.18 Å². The SMILES string of the molecule is COc1ccc(F)cc1CNc1cc(Nc2ccc(N3CCOCC3)cc2)ncc1C(N)=O. The smallest absolute Gasteiger partial charge is 0.252 e. The van der Waals surface area contributed by atoms with Gasteiger partial charge in [0.1, 0.15) is 17.4 Å². The van der Waals surface area contributed by atoms with Crippen LogP contribution in [0.25, 0.3) is 0 Å². The van der Waals surface area contributed by atoms with Gasteiger partial charge in [-0.3, -0.25) is 4.79 Å². The predicted molar refractivity (Wildman–Crippen MR) is 126 cm³/mol. The van der Waals surface area contributed by atoms with Crippen LogP contribution in [0.5, 0.6) is 5.75 Å². The summed E-state index contributed by atoms with van der Waals surface area (Å²) in [6, 6.07) is 14.0. The number of carbonyl (C=O) groups is 1. The van der Waals surface area contributed by atoms with Gasteiger partial charge in [-0.2, -0.15) is 0 Å². The lowest BCUT2D eigenvalue weighted by molar-refractivity contribution is 0.100. The second kappa shape index (κ2) is 10.2. The van der Waals surface area contributed by atoms with Crippen LogP contribution >= 0.6 is 0 Å². The van der Waals surface area contributed by atoms with Gasteiger partial charge in [-0.05, 0) is 42.5 Å². The Bertz CT molecular complexity index is 1120. The van der Waals surface area contributed by atoms with E-state index in [1.165, 1.54) is 25.4 Å². The Morgan fingerprint density at radius 1 is 1.18 bits per heavy atom. The highest BCUT2D eigenvalue weighted by molar-refractivity contribution is 5.98. The van der Waals surface area contributed by atoms with Crippen molar-refractivity contribution in [3.05, 3.63) is 71.7 Å². The minimum Gasteiger partial charge on any atom is -0.496 e. The molecule has 0 saturated carbocycles. The molecule has 0 bridgehead atoms. The van der Waals surface area contributed by atoms with Crippen molar-refractivity contribution < 1.29 is 18.7 Å². The van der Waals surface area contributed by atoms with Crippen LogP contribution in [0.4, 0.5) is 27.3 Å². The van der Waals surface area contributed by atoms with Gasteiger partial charge in [0.2, 0.25) is 0 Å². The molecule has 4 N–H and O–H groups in total. The van der Waals surface area contributed by atoms with Crippen LogP contribution in [-0.2, 0) is 11.3 Å². The van der Waals surface area contributed by atoms with E-state index < -0.39 is 5.91 Å². The van der Waals surface area contributed by atoms with E-state index in [1.807, 2.05) is 24.3 Å². The molecule has 1 aromatic heterocycles. The third-order valence-corrected chi connectivity index (χ3v) is 5.40. The number of ether oxygens (including phenoxy) is 2. The quantitative estimate of drug-likeness (QED) is 0.482. The van der Waals surface area contributed by atoms with Crippen molar-refractivity contribution in [2.45, 2.75) is 6.54 Å². The van der Waals surface area contributed by atoms with Crippen molar-refractivity contribution in [3.8, 4) is 5.75 Å². The van der Waals surface area contributed by atoms with Gasteiger partial charge in [0.05, 0.1) is 31.6 Å². The number of hydrogen-bond donors (Lipinski definition) is 3. The summed E-state index contributed by atoms with van der Waals surface area (Å²) in [5.41, 5.74) is 8.83. The van der Waals surface area contributed by atoms with Crippen LogP contribution < -0.4 is 26.0 Å². The number of hydrogen-bond acceptors (Lipinski definition) is 7. The topological polar surface area (TPSA) is 102 Å². The minimum atomic E-state index is -0.613. The van der Waals surface area contributed by atoms with Crippen LogP contribution in [0.15, 0.2) is 54.7 Å². The number of aromatic nitrogens is 1. The molecule has 0 spiro atoms. The Labute approximate surface area is 191 Å². The van der Waals surface area contributed by atoms with E-state index in [-0.39, 0.29) is 17.9 Å². The number of nitrogens with one attached hydrogen (secondary N) is 2. The zero-order valence-corrected chi connectivity index (χ0v) is 18.3. The van der Waals surface area contributed by atoms with Gasteiger partial charge < -0.3 is 30.7 Å². The largest absolute Gasteiger partial charge is 0.496 e. The standard InChI is InChI=1S/C24H26FN5O3/c1-32-22-7-2-17(25)12-16(22)14-27-21-13-23(28-15-20(21)24(26)31)29-18-3-5-19(6-4-18)30-8-10-33-11-9-30/h2-7,12-13,15H,8-11,14H2,1H3,(H2,26,31)(H2,27,28,29). The molecule has 2 aromatic carbocycles. The minimum absolute atomic E-state index is 0.235. The number of carbonyl (C=O) groups excluding carboxylic acids is 1. The van der Waals surface area contributed by atoms with Crippen LogP contribution in [0.3, 0.4) is 0 Å². The van der Waals surface area contributed by atoms with Crippen LogP contribution in [0.2, 0.25) is 0 Å². The summed E-state index contributed by atoms with van der Waals surface area (Å²) in [6.45, 7) is 3.43. The third-order valence-electron chi connectivity index (χ3n) is 5.40. The molecule has 9 heteroatoms. The number of nitrogens with zero attached hydrogens (tertiary/aromatic N) is 2. The average Bonchev–Trinajstić information content (AvgIpc) is 2.84. The highest BCUT2D eigenvalue weighted by atomic mass is 19.1. The van der Waals surface area contributed by atoms with E-state index in [4.69, 9.17) is 15.2 Å². The maximum absolute atomic E-state index is 13.7. The molecule has 33 heavy (non-hydrogen) atoms. The molecule has 172 valence electrons. The molecule has 1 amide bonds. The maximum Gasteiger partial charge on any atom is 0.252 e. The van der Waals surface area contributed by atoms with Gasteiger partial charge in [-0.25, -0.2) is 9.37 Å². The van der Waals surface area contributed by atoms with Crippen molar-refractivity contribution in [2.24, 2.45) is 5.73 Å². The first-order valence-electron chi connectivity index (χ1n) is 10.6. The first-order chi connectivity index (χ1) is 16.0. The molecule has 1 aliphatic rings. The number of benzene rings is 2. The number of nitrogens with two attached hydrogens (primary N) is 1. The molecule has 3 aromatic rings. The summed E-state index contributed by atoms with van der Waals surface area (Å²) >= 11 is 0. The molecule has 2 heterocycles. The number of halogens is 1. The Kier molecular flexibility index (Phi) is 6.89. The average molecular weight is 452 g/mol.